The van der Waals surface area contributed by atoms with Crippen LogP contribution in [-0.4, -0.2) is 17.7 Å². The lowest BCUT2D eigenvalue weighted by molar-refractivity contribution is -0.118. The fraction of sp³-hybridized carbons (Fsp3) is 0.417. The van der Waals surface area contributed by atoms with Crippen LogP contribution in [0.3, 0.4) is 0 Å². The van der Waals surface area contributed by atoms with Crippen LogP contribution in [0.5, 0.6) is 0 Å². The molecule has 100 valence electrons. The third-order valence-corrected chi connectivity index (χ3v) is 3.17. The summed E-state index contributed by atoms with van der Waals surface area (Å²) in [5, 5.41) is 2.58. The highest BCUT2D eigenvalue weighted by Gasteiger charge is 2.19. The number of nitrogens with one attached hydrogen (secondary N) is 1. The molecule has 0 saturated carbocycles. The molecule has 18 heavy (non-hydrogen) atoms. The summed E-state index contributed by atoms with van der Waals surface area (Å²) < 4.78 is 24.7. The zero-order valence-electron chi connectivity index (χ0n) is 10.2. The van der Waals surface area contributed by atoms with Gasteiger partial charge in [0.1, 0.15) is 0 Å². The standard InChI is InChI=1S/C12H16F2N2OS/c1-7(2)10(15)11(17)16-8-5-3-4-6-9(8)18-12(13)14/h3-7,10,12H,15H2,1-2H3,(H,16,17)/t10-/m1/s1. The Kier molecular flexibility index (Phi) is 5.55. The van der Waals surface area contributed by atoms with E-state index in [1.165, 1.54) is 6.07 Å². The van der Waals surface area contributed by atoms with Crippen LogP contribution in [0.1, 0.15) is 13.8 Å². The van der Waals surface area contributed by atoms with Gasteiger partial charge in [-0.2, -0.15) is 8.78 Å². The molecule has 0 saturated heterocycles. The molecular formula is C12H16F2N2OS. The van der Waals surface area contributed by atoms with Crippen LogP contribution in [0.15, 0.2) is 29.2 Å². The van der Waals surface area contributed by atoms with Gasteiger partial charge in [0.25, 0.3) is 5.76 Å². The number of thioether (sulfide) groups is 1. The maximum absolute atomic E-state index is 12.4. The molecule has 3 N–H and O–H groups in total. The second-order valence-electron chi connectivity index (χ2n) is 4.13. The first kappa shape index (κ1) is 14.9. The van der Waals surface area contributed by atoms with Gasteiger partial charge in [-0.15, -0.1) is 0 Å². The fourth-order valence-electron chi connectivity index (χ4n) is 1.29. The molecule has 1 atom stereocenters. The number of carbonyl (C=O) groups is 1. The van der Waals surface area contributed by atoms with Crippen LogP contribution in [0.25, 0.3) is 0 Å². The van der Waals surface area contributed by atoms with E-state index in [0.29, 0.717) is 22.3 Å². The lowest BCUT2D eigenvalue weighted by atomic mass is 10.1. The minimum Gasteiger partial charge on any atom is -0.324 e. The predicted octanol–water partition coefficient (Wildman–Crippen LogP) is 2.92. The molecule has 0 aromatic heterocycles. The van der Waals surface area contributed by atoms with Gasteiger partial charge < -0.3 is 11.1 Å². The number of benzene rings is 1. The van der Waals surface area contributed by atoms with E-state index in [-0.39, 0.29) is 11.8 Å². The Balaban J connectivity index is 2.81. The second kappa shape index (κ2) is 6.70. The number of hydrogen-bond acceptors (Lipinski definition) is 3. The molecule has 0 aliphatic rings. The SMILES string of the molecule is CC(C)[C@@H](N)C(=O)Nc1ccccc1SC(F)F. The van der Waals surface area contributed by atoms with Gasteiger partial charge in [0.05, 0.1) is 11.7 Å². The first-order valence-corrected chi connectivity index (χ1v) is 6.40. The summed E-state index contributed by atoms with van der Waals surface area (Å²) in [5.41, 5.74) is 6.06. The van der Waals surface area contributed by atoms with Gasteiger partial charge in [-0.3, -0.25) is 4.79 Å². The topological polar surface area (TPSA) is 55.1 Å². The number of alkyl halides is 2. The van der Waals surface area contributed by atoms with Gasteiger partial charge >= 0.3 is 0 Å². The summed E-state index contributed by atoms with van der Waals surface area (Å²) in [4.78, 5) is 12.1. The summed E-state index contributed by atoms with van der Waals surface area (Å²) in [6.45, 7) is 3.65. The van der Waals surface area contributed by atoms with Gasteiger partial charge in [0.15, 0.2) is 0 Å². The van der Waals surface area contributed by atoms with Crippen molar-refractivity contribution in [2.75, 3.05) is 5.32 Å². The number of nitrogens with two attached hydrogens (primary N) is 1. The smallest absolute Gasteiger partial charge is 0.288 e. The highest BCUT2D eigenvalue weighted by molar-refractivity contribution is 7.99. The molecule has 0 unspecified atom stereocenters. The van der Waals surface area contributed by atoms with Crippen LogP contribution >= 0.6 is 11.8 Å². The zero-order valence-corrected chi connectivity index (χ0v) is 11.0. The minimum absolute atomic E-state index is 0.0140. The number of rotatable bonds is 5. The van der Waals surface area contributed by atoms with Gasteiger partial charge in [-0.25, -0.2) is 0 Å². The van der Waals surface area contributed by atoms with Gasteiger partial charge in [0.2, 0.25) is 5.91 Å². The van der Waals surface area contributed by atoms with Crippen molar-refractivity contribution in [1.82, 2.24) is 0 Å². The Morgan fingerprint density at radius 1 is 1.33 bits per heavy atom. The van der Waals surface area contributed by atoms with E-state index in [1.54, 1.807) is 18.2 Å². The van der Waals surface area contributed by atoms with Crippen molar-refractivity contribution in [2.24, 2.45) is 11.7 Å². The molecule has 0 heterocycles. The molecule has 1 amide bonds. The molecule has 0 fully saturated rings. The highest BCUT2D eigenvalue weighted by Crippen LogP contribution is 2.31. The first-order chi connectivity index (χ1) is 8.41. The van der Waals surface area contributed by atoms with E-state index in [9.17, 15) is 13.6 Å². The Hall–Kier alpha value is -1.14. The van der Waals surface area contributed by atoms with E-state index >= 15 is 0 Å². The summed E-state index contributed by atoms with van der Waals surface area (Å²) in [7, 11) is 0. The lowest BCUT2D eigenvalue weighted by Crippen LogP contribution is -2.39. The quantitative estimate of drug-likeness (QED) is 0.812. The first-order valence-electron chi connectivity index (χ1n) is 5.52. The second-order valence-corrected chi connectivity index (χ2v) is 5.17. The average molecular weight is 274 g/mol. The molecule has 0 aliphatic carbocycles. The van der Waals surface area contributed by atoms with E-state index in [1.807, 2.05) is 13.8 Å². The largest absolute Gasteiger partial charge is 0.324 e. The zero-order chi connectivity index (χ0) is 13.7. The average Bonchev–Trinajstić information content (AvgIpc) is 2.29. The molecule has 3 nitrogen and oxygen atoms in total. The summed E-state index contributed by atoms with van der Waals surface area (Å²) >= 11 is 0.398. The molecule has 6 heteroatoms. The van der Waals surface area contributed by atoms with Crippen molar-refractivity contribution < 1.29 is 13.6 Å². The van der Waals surface area contributed by atoms with Crippen LogP contribution < -0.4 is 11.1 Å². The Morgan fingerprint density at radius 3 is 2.50 bits per heavy atom. The molecule has 0 aliphatic heterocycles. The van der Waals surface area contributed by atoms with E-state index in [2.05, 4.69) is 5.32 Å². The van der Waals surface area contributed by atoms with E-state index in [4.69, 9.17) is 5.73 Å². The summed E-state index contributed by atoms with van der Waals surface area (Å²) in [6.07, 6.45) is 0. The van der Waals surface area contributed by atoms with E-state index < -0.39 is 11.8 Å². The monoisotopic (exact) mass is 274 g/mol. The number of anilines is 1. The minimum atomic E-state index is -2.53. The van der Waals surface area contributed by atoms with Crippen LogP contribution in [-0.2, 0) is 4.79 Å². The number of para-hydroxylation sites is 1. The van der Waals surface area contributed by atoms with Crippen molar-refractivity contribution in [3.05, 3.63) is 24.3 Å². The molecule has 0 bridgehead atoms. The van der Waals surface area contributed by atoms with Crippen LogP contribution in [0, 0.1) is 5.92 Å². The fourth-order valence-corrected chi connectivity index (χ4v) is 1.88. The third-order valence-electron chi connectivity index (χ3n) is 2.38. The molecule has 0 radical (unpaired) electrons. The van der Waals surface area contributed by atoms with Crippen LogP contribution in [0.2, 0.25) is 0 Å². The highest BCUT2D eigenvalue weighted by atomic mass is 32.2. The number of hydrogen-bond donors (Lipinski definition) is 2. The van der Waals surface area contributed by atoms with Gasteiger partial charge in [-0.1, -0.05) is 37.7 Å². The van der Waals surface area contributed by atoms with Crippen LogP contribution in [0.4, 0.5) is 14.5 Å². The lowest BCUT2D eigenvalue weighted by Gasteiger charge is -2.16. The summed E-state index contributed by atoms with van der Waals surface area (Å²) in [5.74, 6) is -2.91. The third kappa shape index (κ3) is 4.27. The van der Waals surface area contributed by atoms with Gasteiger partial charge in [-0.05, 0) is 18.1 Å². The number of amides is 1. The summed E-state index contributed by atoms with van der Waals surface area (Å²) in [6, 6.07) is 5.77. The van der Waals surface area contributed by atoms with Gasteiger partial charge in [0, 0.05) is 4.90 Å². The molecule has 1 aromatic rings. The molecule has 1 aromatic carbocycles. The Morgan fingerprint density at radius 2 is 1.94 bits per heavy atom. The molecular weight excluding hydrogens is 258 g/mol. The normalized spacial score (nSPS) is 12.8. The van der Waals surface area contributed by atoms with Crippen molar-refractivity contribution in [2.45, 2.75) is 30.5 Å². The van der Waals surface area contributed by atoms with Crippen molar-refractivity contribution in [3.8, 4) is 0 Å². The van der Waals surface area contributed by atoms with Crippen molar-refractivity contribution >= 4 is 23.4 Å². The predicted molar refractivity (Wildman–Crippen MR) is 69.7 cm³/mol. The van der Waals surface area contributed by atoms with E-state index in [0.717, 1.165) is 0 Å². The van der Waals surface area contributed by atoms with Crippen molar-refractivity contribution in [1.29, 1.82) is 0 Å². The molecule has 0 spiro atoms. The Labute approximate surface area is 109 Å². The number of carbonyl (C=O) groups excluding carboxylic acids is 1. The van der Waals surface area contributed by atoms with Crippen molar-refractivity contribution in [3.63, 3.8) is 0 Å². The molecule has 1 rings (SSSR count). The maximum Gasteiger partial charge on any atom is 0.288 e. The maximum atomic E-state index is 12.4. The number of halogens is 2. The Bertz CT molecular complexity index is 413.